The molecule has 0 saturated carbocycles. The third-order valence-electron chi connectivity index (χ3n) is 1.04. The van der Waals surface area contributed by atoms with Crippen LogP contribution in [0.4, 0.5) is 0 Å². The molecule has 10 heavy (non-hydrogen) atoms. The van der Waals surface area contributed by atoms with Gasteiger partial charge in [-0.2, -0.15) is 5.84 Å². The molecule has 2 N–H and O–H groups in total. The molecule has 0 saturated heterocycles. The van der Waals surface area contributed by atoms with Gasteiger partial charge in [0.15, 0.2) is 0 Å². The van der Waals surface area contributed by atoms with Crippen LogP contribution in [-0.4, -0.2) is 10.9 Å². The highest BCUT2D eigenvalue weighted by Gasteiger charge is 1.99. The van der Waals surface area contributed by atoms with E-state index in [-0.39, 0.29) is 0 Å². The molecular formula is C6H6N3O. The molecule has 0 aliphatic carbocycles. The third kappa shape index (κ3) is 1.29. The second-order valence-electron chi connectivity index (χ2n) is 1.70. The lowest BCUT2D eigenvalue weighted by Gasteiger charge is -1.94. The van der Waals surface area contributed by atoms with Crippen molar-refractivity contribution in [3.8, 4) is 0 Å². The minimum Gasteiger partial charge on any atom is -0.272 e. The number of amides is 1. The zero-order chi connectivity index (χ0) is 7.40. The molecule has 0 unspecified atom stereocenters. The van der Waals surface area contributed by atoms with E-state index in [1.807, 2.05) is 0 Å². The van der Waals surface area contributed by atoms with E-state index in [2.05, 4.69) is 4.98 Å². The zero-order valence-corrected chi connectivity index (χ0v) is 5.16. The first kappa shape index (κ1) is 6.70. The van der Waals surface area contributed by atoms with Gasteiger partial charge in [-0.25, -0.2) is 0 Å². The lowest BCUT2D eigenvalue weighted by molar-refractivity contribution is 0.0950. The number of pyridine rings is 1. The summed E-state index contributed by atoms with van der Waals surface area (Å²) in [5, 5.41) is 0. The van der Waals surface area contributed by atoms with Crippen molar-refractivity contribution in [1.82, 2.24) is 16.3 Å². The average Bonchev–Trinajstić information content (AvgIpc) is 2.05. The summed E-state index contributed by atoms with van der Waals surface area (Å²) >= 11 is 0. The van der Waals surface area contributed by atoms with Gasteiger partial charge in [-0.15, -0.1) is 0 Å². The molecule has 1 aromatic rings. The molecule has 1 amide bonds. The van der Waals surface area contributed by atoms with E-state index in [0.717, 1.165) is 0 Å². The van der Waals surface area contributed by atoms with Crippen LogP contribution in [0.2, 0.25) is 0 Å². The number of rotatable bonds is 1. The van der Waals surface area contributed by atoms with Gasteiger partial charge in [0.1, 0.15) is 0 Å². The van der Waals surface area contributed by atoms with Gasteiger partial charge in [0.05, 0.1) is 5.56 Å². The zero-order valence-electron chi connectivity index (χ0n) is 5.16. The van der Waals surface area contributed by atoms with Crippen molar-refractivity contribution >= 4 is 5.91 Å². The first-order valence-electron chi connectivity index (χ1n) is 2.71. The molecule has 0 atom stereocenters. The van der Waals surface area contributed by atoms with E-state index in [1.54, 1.807) is 23.8 Å². The summed E-state index contributed by atoms with van der Waals surface area (Å²) < 4.78 is 0. The number of aromatic nitrogens is 1. The summed E-state index contributed by atoms with van der Waals surface area (Å²) in [4.78, 5) is 14.4. The summed E-state index contributed by atoms with van der Waals surface area (Å²) in [7, 11) is 0. The van der Waals surface area contributed by atoms with E-state index >= 15 is 0 Å². The van der Waals surface area contributed by atoms with Crippen LogP contribution in [0, 0.1) is 0 Å². The Balaban J connectivity index is 2.85. The Labute approximate surface area is 58.0 Å². The van der Waals surface area contributed by atoms with E-state index in [4.69, 9.17) is 5.84 Å². The molecule has 0 bridgehead atoms. The molecule has 1 aromatic heterocycles. The van der Waals surface area contributed by atoms with E-state index in [9.17, 15) is 4.79 Å². The first-order valence-corrected chi connectivity index (χ1v) is 2.71. The fraction of sp³-hybridized carbons (Fsp3) is 0. The number of carbonyl (C=O) groups is 1. The van der Waals surface area contributed by atoms with Crippen molar-refractivity contribution in [1.29, 1.82) is 0 Å². The van der Waals surface area contributed by atoms with Crippen LogP contribution in [0.5, 0.6) is 0 Å². The summed E-state index contributed by atoms with van der Waals surface area (Å²) in [5.74, 6) is 6.08. The molecule has 0 aliphatic rings. The lowest BCUT2D eigenvalue weighted by atomic mass is 10.3. The van der Waals surface area contributed by atoms with Gasteiger partial charge in [-0.05, 0) is 12.1 Å². The monoisotopic (exact) mass is 136 g/mol. The SMILES string of the molecule is [NH]NC(=O)c1cccnc1. The minimum atomic E-state index is -0.437. The topological polar surface area (TPSA) is 65.8 Å². The number of carbonyl (C=O) groups excluding carboxylic acids is 1. The Morgan fingerprint density at radius 1 is 1.70 bits per heavy atom. The van der Waals surface area contributed by atoms with Crippen molar-refractivity contribution in [2.45, 2.75) is 0 Å². The minimum absolute atomic E-state index is 0.400. The Kier molecular flexibility index (Phi) is 1.96. The van der Waals surface area contributed by atoms with Gasteiger partial charge >= 0.3 is 0 Å². The molecule has 0 fully saturated rings. The van der Waals surface area contributed by atoms with Crippen molar-refractivity contribution in [2.24, 2.45) is 0 Å². The van der Waals surface area contributed by atoms with Crippen LogP contribution < -0.4 is 11.3 Å². The fourth-order valence-electron chi connectivity index (χ4n) is 0.569. The number of nitrogens with zero attached hydrogens (tertiary/aromatic N) is 1. The first-order chi connectivity index (χ1) is 4.84. The Morgan fingerprint density at radius 3 is 3.00 bits per heavy atom. The van der Waals surface area contributed by atoms with Crippen molar-refractivity contribution < 1.29 is 4.79 Å². The van der Waals surface area contributed by atoms with Crippen LogP contribution >= 0.6 is 0 Å². The maximum atomic E-state index is 10.7. The Bertz CT molecular complexity index is 222. The standard InChI is InChI=1S/C6H6N3O/c7-9-6(10)5-2-1-3-8-4-5/h1-4,7H,(H,9,10). The highest BCUT2D eigenvalue weighted by atomic mass is 16.2. The fourth-order valence-corrected chi connectivity index (χ4v) is 0.569. The molecule has 0 aliphatic heterocycles. The molecule has 1 rings (SSSR count). The Hall–Kier alpha value is -1.42. The van der Waals surface area contributed by atoms with Crippen molar-refractivity contribution in [2.75, 3.05) is 0 Å². The lowest BCUT2D eigenvalue weighted by Crippen LogP contribution is -2.20. The maximum Gasteiger partial charge on any atom is 0.268 e. The average molecular weight is 136 g/mol. The highest BCUT2D eigenvalue weighted by Crippen LogP contribution is 1.92. The summed E-state index contributed by atoms with van der Waals surface area (Å²) in [6, 6.07) is 3.24. The second-order valence-corrected chi connectivity index (χ2v) is 1.70. The van der Waals surface area contributed by atoms with Gasteiger partial charge in [0.25, 0.3) is 5.91 Å². The smallest absolute Gasteiger partial charge is 0.268 e. The largest absolute Gasteiger partial charge is 0.272 e. The van der Waals surface area contributed by atoms with Gasteiger partial charge in [-0.1, -0.05) is 0 Å². The number of hydrogen-bond donors (Lipinski definition) is 1. The normalized spacial score (nSPS) is 8.90. The van der Waals surface area contributed by atoms with E-state index < -0.39 is 5.91 Å². The molecular weight excluding hydrogens is 130 g/mol. The molecule has 1 heterocycles. The van der Waals surface area contributed by atoms with Crippen molar-refractivity contribution in [3.05, 3.63) is 30.1 Å². The van der Waals surface area contributed by atoms with Crippen molar-refractivity contribution in [3.63, 3.8) is 0 Å². The molecule has 51 valence electrons. The molecule has 4 nitrogen and oxygen atoms in total. The van der Waals surface area contributed by atoms with Crippen LogP contribution in [0.1, 0.15) is 10.4 Å². The van der Waals surface area contributed by atoms with Crippen LogP contribution in [0.25, 0.3) is 0 Å². The third-order valence-corrected chi connectivity index (χ3v) is 1.04. The number of nitrogens with one attached hydrogen (secondary N) is 2. The predicted molar refractivity (Wildman–Crippen MR) is 34.8 cm³/mol. The number of hydrogen-bond acceptors (Lipinski definition) is 2. The van der Waals surface area contributed by atoms with Gasteiger partial charge in [0.2, 0.25) is 0 Å². The molecule has 1 radical (unpaired) electrons. The predicted octanol–water partition coefficient (Wildman–Crippen LogP) is 0.00930. The van der Waals surface area contributed by atoms with Gasteiger partial charge in [-0.3, -0.25) is 15.2 Å². The molecule has 0 spiro atoms. The quantitative estimate of drug-likeness (QED) is 0.552. The molecule has 0 aromatic carbocycles. The van der Waals surface area contributed by atoms with Crippen LogP contribution in [0.15, 0.2) is 24.5 Å². The Morgan fingerprint density at radius 2 is 2.50 bits per heavy atom. The summed E-state index contributed by atoms with van der Waals surface area (Å²) in [5.41, 5.74) is 2.15. The highest BCUT2D eigenvalue weighted by molar-refractivity contribution is 5.93. The van der Waals surface area contributed by atoms with Crippen LogP contribution in [-0.2, 0) is 0 Å². The van der Waals surface area contributed by atoms with Gasteiger partial charge in [0, 0.05) is 12.4 Å². The summed E-state index contributed by atoms with van der Waals surface area (Å²) in [6.07, 6.45) is 2.98. The van der Waals surface area contributed by atoms with E-state index in [0.29, 0.717) is 5.56 Å². The summed E-state index contributed by atoms with van der Waals surface area (Å²) in [6.45, 7) is 0. The second kappa shape index (κ2) is 2.93. The maximum absolute atomic E-state index is 10.7. The van der Waals surface area contributed by atoms with E-state index in [1.165, 1.54) is 6.20 Å². The van der Waals surface area contributed by atoms with Gasteiger partial charge < -0.3 is 0 Å². The van der Waals surface area contributed by atoms with Crippen LogP contribution in [0.3, 0.4) is 0 Å². The molecule has 4 heteroatoms.